The van der Waals surface area contributed by atoms with Crippen LogP contribution in [0.15, 0.2) is 65.3 Å². The van der Waals surface area contributed by atoms with Gasteiger partial charge in [0.05, 0.1) is 11.8 Å². The number of benzene rings is 2. The van der Waals surface area contributed by atoms with Crippen LogP contribution in [0.4, 0.5) is 10.1 Å². The fraction of sp³-hybridized carbons (Fsp3) is 0.150. The molecule has 0 atom stereocenters. The molecule has 0 bridgehead atoms. The Morgan fingerprint density at radius 3 is 2.58 bits per heavy atom. The number of anilines is 1. The van der Waals surface area contributed by atoms with Crippen LogP contribution in [0, 0.1) is 17.1 Å². The van der Waals surface area contributed by atoms with Crippen molar-refractivity contribution in [2.75, 3.05) is 10.7 Å². The van der Waals surface area contributed by atoms with Crippen LogP contribution in [0.1, 0.15) is 18.4 Å². The van der Waals surface area contributed by atoms with Crippen molar-refractivity contribution in [2.45, 2.75) is 12.8 Å². The molecule has 130 valence electrons. The van der Waals surface area contributed by atoms with Crippen molar-refractivity contribution < 1.29 is 9.18 Å². The highest BCUT2D eigenvalue weighted by atomic mass is 32.2. The van der Waals surface area contributed by atoms with Gasteiger partial charge in [0.15, 0.2) is 5.17 Å². The molecule has 0 fully saturated rings. The van der Waals surface area contributed by atoms with E-state index in [4.69, 9.17) is 5.26 Å². The van der Waals surface area contributed by atoms with Crippen molar-refractivity contribution in [3.05, 3.63) is 71.7 Å². The fourth-order valence-corrected chi connectivity index (χ4v) is 3.38. The highest BCUT2D eigenvalue weighted by Crippen LogP contribution is 2.29. The average Bonchev–Trinajstić information content (AvgIpc) is 2.96. The number of rotatable bonds is 5. The Balaban J connectivity index is 1.89. The van der Waals surface area contributed by atoms with E-state index in [-0.39, 0.29) is 11.7 Å². The standard InChI is InChI=1S/C20H16FN3OS/c21-16-8-10-17(11-9-16)24-19(25)18(14-15-6-2-1-3-7-15)23-20(24)26-13-5-4-12-22/h1-3,6-11,14H,4-5,13H2/b18-14+. The molecule has 0 unspecified atom stereocenters. The normalized spacial score (nSPS) is 15.2. The topological polar surface area (TPSA) is 56.5 Å². The number of carbonyl (C=O) groups excluding carboxylic acids is 1. The van der Waals surface area contributed by atoms with Crippen LogP contribution in [0.5, 0.6) is 0 Å². The molecule has 6 heteroatoms. The minimum atomic E-state index is -0.361. The Hall–Kier alpha value is -2.91. The first-order valence-electron chi connectivity index (χ1n) is 8.14. The lowest BCUT2D eigenvalue weighted by atomic mass is 10.2. The number of halogens is 1. The second-order valence-electron chi connectivity index (χ2n) is 5.56. The van der Waals surface area contributed by atoms with Crippen molar-refractivity contribution in [1.82, 2.24) is 0 Å². The minimum absolute atomic E-state index is 0.247. The molecule has 1 aliphatic heterocycles. The minimum Gasteiger partial charge on any atom is -0.266 e. The molecule has 0 saturated heterocycles. The number of carbonyl (C=O) groups is 1. The van der Waals surface area contributed by atoms with Crippen LogP contribution in [-0.2, 0) is 4.79 Å². The number of aliphatic imine (C=N–C) groups is 1. The van der Waals surface area contributed by atoms with E-state index in [1.165, 1.54) is 28.8 Å². The van der Waals surface area contributed by atoms with Crippen LogP contribution < -0.4 is 4.90 Å². The zero-order valence-corrected chi connectivity index (χ0v) is 14.7. The summed E-state index contributed by atoms with van der Waals surface area (Å²) >= 11 is 1.42. The van der Waals surface area contributed by atoms with Gasteiger partial charge in [-0.25, -0.2) is 9.38 Å². The molecule has 2 aromatic carbocycles. The maximum atomic E-state index is 13.2. The molecular formula is C20H16FN3OS. The predicted molar refractivity (Wildman–Crippen MR) is 103 cm³/mol. The zero-order valence-electron chi connectivity index (χ0n) is 13.9. The number of amidine groups is 1. The molecular weight excluding hydrogens is 349 g/mol. The summed E-state index contributed by atoms with van der Waals surface area (Å²) in [6, 6.07) is 17.4. The number of hydrogen-bond acceptors (Lipinski definition) is 4. The molecule has 0 saturated carbocycles. The van der Waals surface area contributed by atoms with Crippen molar-refractivity contribution in [3.8, 4) is 6.07 Å². The molecule has 0 aromatic heterocycles. The lowest BCUT2D eigenvalue weighted by Crippen LogP contribution is -2.30. The van der Waals surface area contributed by atoms with Gasteiger partial charge in [0.2, 0.25) is 0 Å². The maximum Gasteiger partial charge on any atom is 0.283 e. The molecule has 0 spiro atoms. The summed E-state index contributed by atoms with van der Waals surface area (Å²) in [5.74, 6) is 0.0690. The van der Waals surface area contributed by atoms with E-state index >= 15 is 0 Å². The van der Waals surface area contributed by atoms with Gasteiger partial charge in [-0.15, -0.1) is 0 Å². The summed E-state index contributed by atoms with van der Waals surface area (Å²) in [5, 5.41) is 9.21. The van der Waals surface area contributed by atoms with E-state index in [2.05, 4.69) is 11.1 Å². The molecule has 0 radical (unpaired) electrons. The molecule has 0 aliphatic carbocycles. The van der Waals surface area contributed by atoms with Gasteiger partial charge in [-0.3, -0.25) is 9.69 Å². The van der Waals surface area contributed by atoms with Crippen LogP contribution in [0.3, 0.4) is 0 Å². The number of thioether (sulfide) groups is 1. The largest absolute Gasteiger partial charge is 0.283 e. The first-order valence-corrected chi connectivity index (χ1v) is 9.13. The number of unbranched alkanes of at least 4 members (excludes halogenated alkanes) is 1. The number of nitriles is 1. The van der Waals surface area contributed by atoms with E-state index in [9.17, 15) is 9.18 Å². The Morgan fingerprint density at radius 1 is 1.15 bits per heavy atom. The highest BCUT2D eigenvalue weighted by molar-refractivity contribution is 8.14. The van der Waals surface area contributed by atoms with Gasteiger partial charge in [0.25, 0.3) is 5.91 Å². The average molecular weight is 365 g/mol. The van der Waals surface area contributed by atoms with Crippen LogP contribution >= 0.6 is 11.8 Å². The monoisotopic (exact) mass is 365 g/mol. The summed E-state index contributed by atoms with van der Waals surface area (Å²) in [6.07, 6.45) is 2.91. The van der Waals surface area contributed by atoms with Gasteiger partial charge in [-0.2, -0.15) is 5.26 Å². The molecule has 3 rings (SSSR count). The highest BCUT2D eigenvalue weighted by Gasteiger charge is 2.31. The summed E-state index contributed by atoms with van der Waals surface area (Å²) in [6.45, 7) is 0. The first kappa shape index (κ1) is 17.9. The summed E-state index contributed by atoms with van der Waals surface area (Å²) in [4.78, 5) is 18.9. The molecule has 0 N–H and O–H groups in total. The van der Waals surface area contributed by atoms with Crippen molar-refractivity contribution in [2.24, 2.45) is 4.99 Å². The van der Waals surface area contributed by atoms with Crippen molar-refractivity contribution in [1.29, 1.82) is 5.26 Å². The number of nitrogens with zero attached hydrogens (tertiary/aromatic N) is 3. The third kappa shape index (κ3) is 4.19. The number of amides is 1. The van der Waals surface area contributed by atoms with E-state index in [1.807, 2.05) is 30.3 Å². The van der Waals surface area contributed by atoms with E-state index < -0.39 is 0 Å². The lowest BCUT2D eigenvalue weighted by Gasteiger charge is -2.17. The molecule has 1 aliphatic rings. The molecule has 1 amide bonds. The summed E-state index contributed by atoms with van der Waals surface area (Å²) in [7, 11) is 0. The maximum absolute atomic E-state index is 13.2. The smallest absolute Gasteiger partial charge is 0.266 e. The third-order valence-electron chi connectivity index (χ3n) is 3.68. The molecule has 4 nitrogen and oxygen atoms in total. The van der Waals surface area contributed by atoms with Gasteiger partial charge in [-0.1, -0.05) is 42.1 Å². The summed E-state index contributed by atoms with van der Waals surface area (Å²) < 4.78 is 13.2. The first-order chi connectivity index (χ1) is 12.7. The van der Waals surface area contributed by atoms with E-state index in [0.29, 0.717) is 35.1 Å². The Kier molecular flexibility index (Phi) is 5.82. The van der Waals surface area contributed by atoms with Gasteiger partial charge < -0.3 is 0 Å². The van der Waals surface area contributed by atoms with Gasteiger partial charge in [0.1, 0.15) is 11.5 Å². The molecule has 26 heavy (non-hydrogen) atoms. The van der Waals surface area contributed by atoms with Gasteiger partial charge in [-0.05, 0) is 42.3 Å². The lowest BCUT2D eigenvalue weighted by molar-refractivity contribution is -0.113. The SMILES string of the molecule is N#CCCCSC1=N/C(=C/c2ccccc2)C(=O)N1c1ccc(F)cc1. The predicted octanol–water partition coefficient (Wildman–Crippen LogP) is 4.61. The Bertz CT molecular complexity index is 886. The molecule has 2 aromatic rings. The van der Waals surface area contributed by atoms with Gasteiger partial charge >= 0.3 is 0 Å². The summed E-state index contributed by atoms with van der Waals surface area (Å²) in [5.41, 5.74) is 1.79. The van der Waals surface area contributed by atoms with Crippen molar-refractivity contribution >= 4 is 34.6 Å². The van der Waals surface area contributed by atoms with Crippen LogP contribution in [-0.4, -0.2) is 16.8 Å². The van der Waals surface area contributed by atoms with Crippen LogP contribution in [0.2, 0.25) is 0 Å². The van der Waals surface area contributed by atoms with Crippen LogP contribution in [0.25, 0.3) is 6.08 Å². The fourth-order valence-electron chi connectivity index (χ4n) is 2.43. The van der Waals surface area contributed by atoms with Crippen molar-refractivity contribution in [3.63, 3.8) is 0 Å². The zero-order chi connectivity index (χ0) is 18.4. The van der Waals surface area contributed by atoms with E-state index in [1.54, 1.807) is 18.2 Å². The Labute approximate surface area is 155 Å². The van der Waals surface area contributed by atoms with Gasteiger partial charge in [0, 0.05) is 12.2 Å². The molecule has 1 heterocycles. The Morgan fingerprint density at radius 2 is 1.88 bits per heavy atom. The second-order valence-corrected chi connectivity index (χ2v) is 6.62. The second kappa shape index (κ2) is 8.45. The number of hydrogen-bond donors (Lipinski definition) is 0. The quantitative estimate of drug-likeness (QED) is 0.574. The van der Waals surface area contributed by atoms with E-state index in [0.717, 1.165) is 5.56 Å². The third-order valence-corrected chi connectivity index (χ3v) is 4.71.